The average Bonchev–Trinajstić information content (AvgIpc) is 2.44. The van der Waals surface area contributed by atoms with Crippen molar-refractivity contribution in [2.24, 2.45) is 0 Å². The van der Waals surface area contributed by atoms with E-state index in [0.717, 1.165) is 16.9 Å². The van der Waals surface area contributed by atoms with E-state index in [1.807, 2.05) is 18.2 Å². The van der Waals surface area contributed by atoms with Crippen molar-refractivity contribution in [1.82, 2.24) is 0 Å². The molecule has 0 aromatic heterocycles. The second kappa shape index (κ2) is 6.67. The van der Waals surface area contributed by atoms with Gasteiger partial charge in [-0.05, 0) is 12.1 Å². The lowest BCUT2D eigenvalue weighted by molar-refractivity contribution is -0.278. The molecule has 0 unspecified atom stereocenters. The molecule has 1 aliphatic heterocycles. The zero-order valence-electron chi connectivity index (χ0n) is 9.99. The van der Waals surface area contributed by atoms with Gasteiger partial charge in [-0.1, -0.05) is 18.2 Å². The highest BCUT2D eigenvalue weighted by atomic mass is 32.2. The summed E-state index contributed by atoms with van der Waals surface area (Å²) in [5.41, 5.74) is 0. The lowest BCUT2D eigenvalue weighted by atomic mass is 9.99. The van der Waals surface area contributed by atoms with Gasteiger partial charge in [0.1, 0.15) is 18.3 Å². The molecule has 19 heavy (non-hydrogen) atoms. The summed E-state index contributed by atoms with van der Waals surface area (Å²) in [6, 6.07) is 9.12. The average molecular weight is 288 g/mol. The molecule has 4 N–H and O–H groups in total. The van der Waals surface area contributed by atoms with Gasteiger partial charge in [0.25, 0.3) is 0 Å². The van der Waals surface area contributed by atoms with Crippen molar-refractivity contribution >= 4 is 12.0 Å². The first-order valence-electron chi connectivity index (χ1n) is 5.82. The van der Waals surface area contributed by atoms with E-state index in [2.05, 4.69) is 0 Å². The fourth-order valence-corrected chi connectivity index (χ4v) is 2.46. The summed E-state index contributed by atoms with van der Waals surface area (Å²) in [5, 5.41) is 38.2. The van der Waals surface area contributed by atoms with Crippen LogP contribution in [-0.2, 0) is 8.92 Å². The Kier molecular flexibility index (Phi) is 5.17. The molecular formula is C12H16O6S. The second-order valence-corrected chi connectivity index (χ2v) is 5.02. The minimum atomic E-state index is -1.41. The maximum Gasteiger partial charge on any atom is 0.185 e. The molecule has 0 radical (unpaired) electrons. The summed E-state index contributed by atoms with van der Waals surface area (Å²) in [6.45, 7) is -0.492. The van der Waals surface area contributed by atoms with Crippen LogP contribution >= 0.6 is 12.0 Å². The summed E-state index contributed by atoms with van der Waals surface area (Å²) < 4.78 is 10.3. The van der Waals surface area contributed by atoms with Crippen molar-refractivity contribution in [3.05, 3.63) is 30.3 Å². The maximum absolute atomic E-state index is 9.85. The van der Waals surface area contributed by atoms with Gasteiger partial charge in [0.2, 0.25) is 0 Å². The van der Waals surface area contributed by atoms with Gasteiger partial charge < -0.3 is 25.2 Å². The van der Waals surface area contributed by atoms with Crippen LogP contribution in [0.25, 0.3) is 0 Å². The zero-order chi connectivity index (χ0) is 13.8. The number of hydrogen-bond acceptors (Lipinski definition) is 7. The van der Waals surface area contributed by atoms with Crippen molar-refractivity contribution in [1.29, 1.82) is 0 Å². The normalized spacial score (nSPS) is 35.3. The molecule has 5 atom stereocenters. The van der Waals surface area contributed by atoms with Gasteiger partial charge in [0.15, 0.2) is 12.4 Å². The third-order valence-electron chi connectivity index (χ3n) is 2.84. The van der Waals surface area contributed by atoms with Crippen molar-refractivity contribution in [3.63, 3.8) is 0 Å². The first-order chi connectivity index (χ1) is 9.13. The molecule has 0 saturated carbocycles. The van der Waals surface area contributed by atoms with Gasteiger partial charge in [-0.2, -0.15) is 0 Å². The van der Waals surface area contributed by atoms with Crippen LogP contribution in [0.2, 0.25) is 0 Å². The van der Waals surface area contributed by atoms with Crippen molar-refractivity contribution < 1.29 is 29.3 Å². The molecule has 6 nitrogen and oxygen atoms in total. The van der Waals surface area contributed by atoms with Crippen molar-refractivity contribution in [2.75, 3.05) is 6.61 Å². The van der Waals surface area contributed by atoms with E-state index in [0.29, 0.717) is 0 Å². The Morgan fingerprint density at radius 1 is 1.11 bits per heavy atom. The van der Waals surface area contributed by atoms with E-state index in [1.54, 1.807) is 12.1 Å². The SMILES string of the molecule is OC[C@H]1O[C@H](O)[C@H](OSc2ccccc2)[C@@H](O)[C@@H]1O. The fourth-order valence-electron chi connectivity index (χ4n) is 1.76. The Morgan fingerprint density at radius 3 is 2.42 bits per heavy atom. The second-order valence-electron chi connectivity index (χ2n) is 4.19. The Balaban J connectivity index is 1.96. The number of aliphatic hydroxyl groups excluding tert-OH is 4. The molecule has 1 aromatic carbocycles. The smallest absolute Gasteiger partial charge is 0.185 e. The highest BCUT2D eigenvalue weighted by Crippen LogP contribution is 2.28. The predicted molar refractivity (Wildman–Crippen MR) is 67.2 cm³/mol. The molecule has 7 heteroatoms. The molecule has 0 aliphatic carbocycles. The van der Waals surface area contributed by atoms with Crippen molar-refractivity contribution in [3.8, 4) is 0 Å². The standard InChI is InChI=1S/C12H16O6S/c13-6-8-9(14)10(15)11(12(16)17-8)18-19-7-4-2-1-3-5-7/h1-5,8-16H,6H2/t8-,9-,10+,11-,12+/m1/s1. The molecule has 1 aliphatic rings. The van der Waals surface area contributed by atoms with Crippen LogP contribution < -0.4 is 0 Å². The van der Waals surface area contributed by atoms with E-state index in [-0.39, 0.29) is 0 Å². The monoisotopic (exact) mass is 288 g/mol. The fraction of sp³-hybridized carbons (Fsp3) is 0.500. The zero-order valence-corrected chi connectivity index (χ0v) is 10.8. The van der Waals surface area contributed by atoms with E-state index in [9.17, 15) is 15.3 Å². The lowest BCUT2D eigenvalue weighted by Crippen LogP contribution is -2.58. The minimum Gasteiger partial charge on any atom is -0.394 e. The van der Waals surface area contributed by atoms with Crippen LogP contribution in [0.4, 0.5) is 0 Å². The van der Waals surface area contributed by atoms with Gasteiger partial charge in [0.05, 0.1) is 6.61 Å². The van der Waals surface area contributed by atoms with E-state index in [4.69, 9.17) is 14.0 Å². The molecule has 106 valence electrons. The van der Waals surface area contributed by atoms with Crippen LogP contribution in [0, 0.1) is 0 Å². The third kappa shape index (κ3) is 3.46. The molecule has 2 rings (SSSR count). The Hall–Kier alpha value is -0.670. The molecule has 0 amide bonds. The largest absolute Gasteiger partial charge is 0.394 e. The molecule has 0 bridgehead atoms. The van der Waals surface area contributed by atoms with Crippen LogP contribution in [-0.4, -0.2) is 57.7 Å². The molecular weight excluding hydrogens is 272 g/mol. The Bertz CT molecular complexity index is 389. The number of aliphatic hydroxyl groups is 4. The number of ether oxygens (including phenoxy) is 1. The van der Waals surface area contributed by atoms with Gasteiger partial charge in [-0.3, -0.25) is 4.18 Å². The Labute approximate surface area is 114 Å². The number of hydrogen-bond donors (Lipinski definition) is 4. The first-order valence-corrected chi connectivity index (χ1v) is 6.56. The predicted octanol–water partition coefficient (Wildman–Crippen LogP) is -0.490. The summed E-state index contributed by atoms with van der Waals surface area (Å²) in [7, 11) is 0. The molecule has 0 spiro atoms. The van der Waals surface area contributed by atoms with Crippen molar-refractivity contribution in [2.45, 2.75) is 35.6 Å². The summed E-state index contributed by atoms with van der Waals surface area (Å²) in [4.78, 5) is 0.792. The van der Waals surface area contributed by atoms with Crippen LogP contribution in [0.15, 0.2) is 35.2 Å². The molecule has 1 saturated heterocycles. The lowest BCUT2D eigenvalue weighted by Gasteiger charge is -2.39. The molecule has 1 fully saturated rings. The third-order valence-corrected chi connectivity index (χ3v) is 3.62. The van der Waals surface area contributed by atoms with E-state index in [1.165, 1.54) is 0 Å². The quantitative estimate of drug-likeness (QED) is 0.555. The van der Waals surface area contributed by atoms with Gasteiger partial charge in [-0.15, -0.1) is 0 Å². The topological polar surface area (TPSA) is 99.4 Å². The maximum atomic E-state index is 9.85. The van der Waals surface area contributed by atoms with Gasteiger partial charge in [-0.25, -0.2) is 0 Å². The molecule has 1 heterocycles. The van der Waals surface area contributed by atoms with Gasteiger partial charge in [0, 0.05) is 16.9 Å². The highest BCUT2D eigenvalue weighted by Gasteiger charge is 2.44. The minimum absolute atomic E-state index is 0.492. The highest BCUT2D eigenvalue weighted by molar-refractivity contribution is 7.94. The number of benzene rings is 1. The molecule has 1 aromatic rings. The summed E-state index contributed by atoms with van der Waals surface area (Å²) in [6.07, 6.45) is -6.17. The van der Waals surface area contributed by atoms with Crippen LogP contribution in [0.3, 0.4) is 0 Å². The van der Waals surface area contributed by atoms with Gasteiger partial charge >= 0.3 is 0 Å². The van der Waals surface area contributed by atoms with Crippen LogP contribution in [0.5, 0.6) is 0 Å². The summed E-state index contributed by atoms with van der Waals surface area (Å²) >= 11 is 0.972. The number of rotatable bonds is 4. The van der Waals surface area contributed by atoms with Crippen LogP contribution in [0.1, 0.15) is 0 Å². The first kappa shape index (κ1) is 14.7. The summed E-state index contributed by atoms with van der Waals surface area (Å²) in [5.74, 6) is 0. The Morgan fingerprint density at radius 2 is 1.79 bits per heavy atom. The van der Waals surface area contributed by atoms with E-state index >= 15 is 0 Å². The van der Waals surface area contributed by atoms with E-state index < -0.39 is 37.3 Å².